The molecule has 1 aliphatic heterocycles. The molecule has 118 valence electrons. The lowest BCUT2D eigenvalue weighted by Crippen LogP contribution is -2.44. The van der Waals surface area contributed by atoms with E-state index >= 15 is 0 Å². The summed E-state index contributed by atoms with van der Waals surface area (Å²) in [4.78, 5) is 0.855. The van der Waals surface area contributed by atoms with Crippen LogP contribution in [0, 0.1) is 0 Å². The average Bonchev–Trinajstić information content (AvgIpc) is 2.40. The molecule has 2 rings (SSSR count). The molecular weight excluding hydrogens is 332 g/mol. The SMILES string of the molecule is Nc1ccccc1SCCS(=O)(=O)N1CCS(=O)(=O)CC1. The highest BCUT2D eigenvalue weighted by atomic mass is 32.2. The number of hydrogen-bond donors (Lipinski definition) is 1. The zero-order chi connectivity index (χ0) is 15.5. The van der Waals surface area contributed by atoms with E-state index in [1.165, 1.54) is 16.1 Å². The maximum atomic E-state index is 12.2. The Balaban J connectivity index is 1.89. The average molecular weight is 350 g/mol. The number of thioether (sulfide) groups is 1. The highest BCUT2D eigenvalue weighted by molar-refractivity contribution is 8.00. The number of rotatable bonds is 5. The van der Waals surface area contributed by atoms with Crippen molar-refractivity contribution in [2.24, 2.45) is 0 Å². The van der Waals surface area contributed by atoms with Gasteiger partial charge in [-0.1, -0.05) is 12.1 Å². The number of para-hydroxylation sites is 1. The van der Waals surface area contributed by atoms with Crippen molar-refractivity contribution in [2.75, 3.05) is 41.8 Å². The Kier molecular flexibility index (Phi) is 5.18. The van der Waals surface area contributed by atoms with Crippen molar-refractivity contribution in [1.29, 1.82) is 0 Å². The summed E-state index contributed by atoms with van der Waals surface area (Å²) < 4.78 is 48.2. The molecule has 1 heterocycles. The Morgan fingerprint density at radius 1 is 1.19 bits per heavy atom. The summed E-state index contributed by atoms with van der Waals surface area (Å²) in [5, 5.41) is 0. The normalized spacial score (nSPS) is 19.4. The second kappa shape index (κ2) is 6.55. The Morgan fingerprint density at radius 3 is 2.43 bits per heavy atom. The van der Waals surface area contributed by atoms with Crippen molar-refractivity contribution in [3.63, 3.8) is 0 Å². The molecule has 9 heteroatoms. The Labute approximate surface area is 129 Å². The van der Waals surface area contributed by atoms with Crippen LogP contribution in [0.25, 0.3) is 0 Å². The van der Waals surface area contributed by atoms with E-state index in [1.54, 1.807) is 6.07 Å². The second-order valence-electron chi connectivity index (χ2n) is 4.75. The first-order chi connectivity index (χ1) is 9.80. The molecule has 21 heavy (non-hydrogen) atoms. The summed E-state index contributed by atoms with van der Waals surface area (Å²) in [5.41, 5.74) is 6.42. The number of hydrogen-bond acceptors (Lipinski definition) is 6. The molecule has 2 N–H and O–H groups in total. The van der Waals surface area contributed by atoms with Gasteiger partial charge in [0.2, 0.25) is 10.0 Å². The largest absolute Gasteiger partial charge is 0.398 e. The third-order valence-electron chi connectivity index (χ3n) is 3.21. The lowest BCUT2D eigenvalue weighted by molar-refractivity contribution is 0.432. The van der Waals surface area contributed by atoms with Crippen LogP contribution in [0.4, 0.5) is 5.69 Å². The lowest BCUT2D eigenvalue weighted by atomic mass is 10.3. The molecule has 0 radical (unpaired) electrons. The Bertz CT molecular complexity index is 687. The van der Waals surface area contributed by atoms with E-state index in [2.05, 4.69) is 0 Å². The topological polar surface area (TPSA) is 97.5 Å². The predicted molar refractivity (Wildman–Crippen MR) is 85.6 cm³/mol. The molecule has 0 unspecified atom stereocenters. The number of nitrogens with two attached hydrogens (primary N) is 1. The van der Waals surface area contributed by atoms with Crippen LogP contribution in [0.3, 0.4) is 0 Å². The van der Waals surface area contributed by atoms with E-state index in [0.717, 1.165) is 4.90 Å². The molecule has 0 atom stereocenters. The van der Waals surface area contributed by atoms with E-state index < -0.39 is 19.9 Å². The fourth-order valence-electron chi connectivity index (χ4n) is 1.97. The van der Waals surface area contributed by atoms with Gasteiger partial charge in [-0.3, -0.25) is 0 Å². The van der Waals surface area contributed by atoms with E-state index in [0.29, 0.717) is 11.4 Å². The smallest absolute Gasteiger partial charge is 0.214 e. The first kappa shape index (κ1) is 16.6. The number of sulfonamides is 1. The zero-order valence-corrected chi connectivity index (χ0v) is 13.9. The van der Waals surface area contributed by atoms with Crippen LogP contribution < -0.4 is 5.73 Å². The number of benzene rings is 1. The molecule has 0 bridgehead atoms. The zero-order valence-electron chi connectivity index (χ0n) is 11.4. The predicted octanol–water partition coefficient (Wildman–Crippen LogP) is 0.421. The summed E-state index contributed by atoms with van der Waals surface area (Å²) >= 11 is 1.39. The summed E-state index contributed by atoms with van der Waals surface area (Å²) in [6.45, 7) is 0.117. The van der Waals surface area contributed by atoms with Gasteiger partial charge in [-0.05, 0) is 12.1 Å². The summed E-state index contributed by atoms with van der Waals surface area (Å²) in [6.07, 6.45) is 0. The number of sulfone groups is 1. The number of nitrogen functional groups attached to an aromatic ring is 1. The standard InChI is InChI=1S/C12H18N2O4S3/c13-11-3-1-2-4-12(11)19-7-10-21(17,18)14-5-8-20(15,16)9-6-14/h1-4H,5-10,13H2. The van der Waals surface area contributed by atoms with Gasteiger partial charge in [0.25, 0.3) is 0 Å². The maximum absolute atomic E-state index is 12.2. The Hall–Kier alpha value is -0.770. The molecule has 0 amide bonds. The van der Waals surface area contributed by atoms with Crippen molar-refractivity contribution in [1.82, 2.24) is 4.31 Å². The van der Waals surface area contributed by atoms with Gasteiger partial charge in [0.15, 0.2) is 9.84 Å². The highest BCUT2D eigenvalue weighted by Crippen LogP contribution is 2.24. The van der Waals surface area contributed by atoms with Crippen LogP contribution >= 0.6 is 11.8 Å². The van der Waals surface area contributed by atoms with Crippen LogP contribution in [0.1, 0.15) is 0 Å². The molecule has 1 aromatic carbocycles. The molecule has 1 fully saturated rings. The fourth-order valence-corrected chi connectivity index (χ4v) is 6.21. The van der Waals surface area contributed by atoms with Gasteiger partial charge in [-0.15, -0.1) is 11.8 Å². The minimum absolute atomic E-state index is 0.0218. The number of anilines is 1. The van der Waals surface area contributed by atoms with E-state index in [-0.39, 0.29) is 30.3 Å². The summed E-state index contributed by atoms with van der Waals surface area (Å²) in [7, 11) is -6.48. The molecule has 0 saturated carbocycles. The van der Waals surface area contributed by atoms with E-state index in [9.17, 15) is 16.8 Å². The van der Waals surface area contributed by atoms with Gasteiger partial charge in [-0.2, -0.15) is 4.31 Å². The van der Waals surface area contributed by atoms with Crippen molar-refractivity contribution in [3.8, 4) is 0 Å². The summed E-state index contributed by atoms with van der Waals surface area (Å²) in [6, 6.07) is 7.29. The molecule has 0 spiro atoms. The van der Waals surface area contributed by atoms with Crippen LogP contribution in [-0.2, 0) is 19.9 Å². The molecule has 0 aromatic heterocycles. The molecule has 0 aliphatic carbocycles. The minimum Gasteiger partial charge on any atom is -0.398 e. The molecule has 1 aliphatic rings. The van der Waals surface area contributed by atoms with Crippen molar-refractivity contribution < 1.29 is 16.8 Å². The van der Waals surface area contributed by atoms with Crippen molar-refractivity contribution in [2.45, 2.75) is 4.90 Å². The fraction of sp³-hybridized carbons (Fsp3) is 0.500. The minimum atomic E-state index is -3.41. The quantitative estimate of drug-likeness (QED) is 0.610. The molecule has 6 nitrogen and oxygen atoms in total. The molecule has 1 saturated heterocycles. The third-order valence-corrected chi connectivity index (χ3v) is 8.05. The van der Waals surface area contributed by atoms with Crippen molar-refractivity contribution in [3.05, 3.63) is 24.3 Å². The van der Waals surface area contributed by atoms with Crippen LogP contribution in [0.15, 0.2) is 29.2 Å². The first-order valence-electron chi connectivity index (χ1n) is 6.46. The molecular formula is C12H18N2O4S3. The van der Waals surface area contributed by atoms with Gasteiger partial charge < -0.3 is 5.73 Å². The lowest BCUT2D eigenvalue weighted by Gasteiger charge is -2.25. The van der Waals surface area contributed by atoms with Gasteiger partial charge >= 0.3 is 0 Å². The third kappa shape index (κ3) is 4.60. The van der Waals surface area contributed by atoms with E-state index in [4.69, 9.17) is 5.73 Å². The van der Waals surface area contributed by atoms with Gasteiger partial charge in [-0.25, -0.2) is 16.8 Å². The molecule has 1 aromatic rings. The maximum Gasteiger partial charge on any atom is 0.214 e. The van der Waals surface area contributed by atoms with Gasteiger partial charge in [0.05, 0.1) is 17.3 Å². The van der Waals surface area contributed by atoms with Crippen LogP contribution in [0.5, 0.6) is 0 Å². The number of nitrogens with zero attached hydrogens (tertiary/aromatic N) is 1. The van der Waals surface area contributed by atoms with Crippen LogP contribution in [-0.4, -0.2) is 57.2 Å². The highest BCUT2D eigenvalue weighted by Gasteiger charge is 2.29. The van der Waals surface area contributed by atoms with Gasteiger partial charge in [0.1, 0.15) is 0 Å². The Morgan fingerprint density at radius 2 is 1.81 bits per heavy atom. The van der Waals surface area contributed by atoms with Crippen molar-refractivity contribution >= 4 is 37.3 Å². The van der Waals surface area contributed by atoms with E-state index in [1.807, 2.05) is 18.2 Å². The second-order valence-corrected chi connectivity index (χ2v) is 10.3. The first-order valence-corrected chi connectivity index (χ1v) is 10.9. The van der Waals surface area contributed by atoms with Crippen LogP contribution in [0.2, 0.25) is 0 Å². The van der Waals surface area contributed by atoms with Gasteiger partial charge in [0, 0.05) is 29.4 Å². The summed E-state index contributed by atoms with van der Waals surface area (Å²) in [5.74, 6) is 0.182. The monoisotopic (exact) mass is 350 g/mol.